The number of hydrogen-bond acceptors (Lipinski definition) is 4. The number of methoxy groups -OCH3 is 2. The molecule has 96 valence electrons. The molecule has 0 fully saturated rings. The van der Waals surface area contributed by atoms with Crippen LogP contribution in [0.3, 0.4) is 0 Å². The second kappa shape index (κ2) is 4.61. The Kier molecular flexibility index (Phi) is 2.79. The van der Waals surface area contributed by atoms with Gasteiger partial charge in [-0.05, 0) is 24.3 Å². The van der Waals surface area contributed by atoms with Crippen molar-refractivity contribution in [3.63, 3.8) is 0 Å². The van der Waals surface area contributed by atoms with Gasteiger partial charge >= 0.3 is 0 Å². The summed E-state index contributed by atoms with van der Waals surface area (Å²) in [4.78, 5) is 0. The number of hydrogen-bond donors (Lipinski definition) is 0. The topological polar surface area (TPSA) is 49.2 Å². The van der Waals surface area contributed by atoms with Gasteiger partial charge in [0.15, 0.2) is 0 Å². The number of benzene rings is 2. The van der Waals surface area contributed by atoms with Crippen LogP contribution in [0.5, 0.6) is 11.5 Å². The van der Waals surface area contributed by atoms with Crippen molar-refractivity contribution in [1.29, 1.82) is 0 Å². The quantitative estimate of drug-likeness (QED) is 0.721. The Bertz CT molecular complexity index is 722. The van der Waals surface area contributed by atoms with Crippen molar-refractivity contribution in [1.82, 2.24) is 15.0 Å². The van der Waals surface area contributed by atoms with Crippen LogP contribution >= 0.6 is 0 Å². The number of nitrogens with zero attached hydrogens (tertiary/aromatic N) is 3. The second-order valence-electron chi connectivity index (χ2n) is 4.03. The SMILES string of the molecule is COc1ccc(OC)c(-n2nnc3ccccc32)c1. The molecular weight excluding hydrogens is 242 g/mol. The van der Waals surface area contributed by atoms with Crippen molar-refractivity contribution in [2.75, 3.05) is 14.2 Å². The van der Waals surface area contributed by atoms with Crippen LogP contribution < -0.4 is 9.47 Å². The molecule has 3 rings (SSSR count). The van der Waals surface area contributed by atoms with Crippen molar-refractivity contribution >= 4 is 11.0 Å². The molecule has 0 saturated heterocycles. The van der Waals surface area contributed by atoms with Gasteiger partial charge < -0.3 is 9.47 Å². The Hall–Kier alpha value is -2.56. The maximum Gasteiger partial charge on any atom is 0.144 e. The average molecular weight is 255 g/mol. The highest BCUT2D eigenvalue weighted by atomic mass is 16.5. The third kappa shape index (κ3) is 1.89. The van der Waals surface area contributed by atoms with Crippen molar-refractivity contribution in [3.8, 4) is 17.2 Å². The normalized spacial score (nSPS) is 10.6. The first-order valence-electron chi connectivity index (χ1n) is 5.86. The van der Waals surface area contributed by atoms with E-state index in [9.17, 15) is 0 Å². The lowest BCUT2D eigenvalue weighted by Gasteiger charge is -2.10. The predicted molar refractivity (Wildman–Crippen MR) is 72.0 cm³/mol. The van der Waals surface area contributed by atoms with Crippen LogP contribution in [0, 0.1) is 0 Å². The molecule has 1 aromatic heterocycles. The van der Waals surface area contributed by atoms with Crippen molar-refractivity contribution in [2.24, 2.45) is 0 Å². The third-order valence-corrected chi connectivity index (χ3v) is 2.97. The lowest BCUT2D eigenvalue weighted by atomic mass is 10.2. The number of para-hydroxylation sites is 1. The van der Waals surface area contributed by atoms with Gasteiger partial charge in [-0.25, -0.2) is 4.68 Å². The molecule has 0 amide bonds. The first-order valence-corrected chi connectivity index (χ1v) is 5.86. The molecule has 0 atom stereocenters. The molecule has 0 radical (unpaired) electrons. The van der Waals surface area contributed by atoms with Gasteiger partial charge in [0.05, 0.1) is 19.7 Å². The van der Waals surface area contributed by atoms with Crippen molar-refractivity contribution in [2.45, 2.75) is 0 Å². The first-order chi connectivity index (χ1) is 9.33. The molecule has 5 nitrogen and oxygen atoms in total. The monoisotopic (exact) mass is 255 g/mol. The van der Waals surface area contributed by atoms with Gasteiger partial charge in [-0.1, -0.05) is 17.3 Å². The zero-order chi connectivity index (χ0) is 13.2. The number of ether oxygens (including phenoxy) is 2. The van der Waals surface area contributed by atoms with Gasteiger partial charge in [-0.2, -0.15) is 0 Å². The highest BCUT2D eigenvalue weighted by Crippen LogP contribution is 2.28. The minimum Gasteiger partial charge on any atom is -0.497 e. The Balaban J connectivity index is 2.25. The fraction of sp³-hybridized carbons (Fsp3) is 0.143. The Morgan fingerprint density at radius 3 is 2.63 bits per heavy atom. The van der Waals surface area contributed by atoms with E-state index in [4.69, 9.17) is 9.47 Å². The van der Waals surface area contributed by atoms with E-state index in [2.05, 4.69) is 10.3 Å². The fourth-order valence-corrected chi connectivity index (χ4v) is 2.01. The van der Waals surface area contributed by atoms with E-state index in [1.807, 2.05) is 42.5 Å². The zero-order valence-electron chi connectivity index (χ0n) is 10.7. The molecule has 2 aromatic carbocycles. The van der Waals surface area contributed by atoms with Gasteiger partial charge in [0.25, 0.3) is 0 Å². The van der Waals surface area contributed by atoms with Gasteiger partial charge in [0.2, 0.25) is 0 Å². The van der Waals surface area contributed by atoms with Gasteiger partial charge in [-0.15, -0.1) is 5.10 Å². The lowest BCUT2D eigenvalue weighted by Crippen LogP contribution is -2.00. The van der Waals surface area contributed by atoms with E-state index in [0.717, 1.165) is 28.2 Å². The van der Waals surface area contributed by atoms with E-state index < -0.39 is 0 Å². The third-order valence-electron chi connectivity index (χ3n) is 2.97. The Labute approximate surface area is 110 Å². The first kappa shape index (κ1) is 11.5. The molecular formula is C14H13N3O2. The van der Waals surface area contributed by atoms with Crippen LogP contribution in [0.1, 0.15) is 0 Å². The van der Waals surface area contributed by atoms with E-state index in [1.165, 1.54) is 0 Å². The molecule has 1 heterocycles. The minimum absolute atomic E-state index is 0.719. The van der Waals surface area contributed by atoms with Crippen LogP contribution in [0.4, 0.5) is 0 Å². The van der Waals surface area contributed by atoms with Crippen LogP contribution in [-0.2, 0) is 0 Å². The zero-order valence-corrected chi connectivity index (χ0v) is 10.7. The largest absolute Gasteiger partial charge is 0.497 e. The molecule has 0 N–H and O–H groups in total. The number of fused-ring (bicyclic) bond motifs is 1. The van der Waals surface area contributed by atoms with E-state index in [1.54, 1.807) is 18.9 Å². The highest BCUT2D eigenvalue weighted by molar-refractivity contribution is 5.76. The molecule has 0 aliphatic carbocycles. The molecule has 0 aliphatic heterocycles. The summed E-state index contributed by atoms with van der Waals surface area (Å²) in [6, 6.07) is 13.4. The summed E-state index contributed by atoms with van der Waals surface area (Å²) in [5.41, 5.74) is 2.57. The van der Waals surface area contributed by atoms with Crippen LogP contribution in [0.25, 0.3) is 16.7 Å². The smallest absolute Gasteiger partial charge is 0.144 e. The van der Waals surface area contributed by atoms with E-state index in [0.29, 0.717) is 0 Å². The second-order valence-corrected chi connectivity index (χ2v) is 4.03. The summed E-state index contributed by atoms with van der Waals surface area (Å²) in [7, 11) is 3.26. The van der Waals surface area contributed by atoms with Crippen LogP contribution in [0.2, 0.25) is 0 Å². The highest BCUT2D eigenvalue weighted by Gasteiger charge is 2.11. The standard InChI is InChI=1S/C14H13N3O2/c1-18-10-7-8-14(19-2)13(9-10)17-12-6-4-3-5-11(12)15-16-17/h3-9H,1-2H3. The van der Waals surface area contributed by atoms with Crippen LogP contribution in [-0.4, -0.2) is 29.2 Å². The van der Waals surface area contributed by atoms with E-state index in [-0.39, 0.29) is 0 Å². The van der Waals surface area contributed by atoms with Crippen molar-refractivity contribution < 1.29 is 9.47 Å². The molecule has 0 unspecified atom stereocenters. The van der Waals surface area contributed by atoms with Gasteiger partial charge in [0.1, 0.15) is 22.7 Å². The minimum atomic E-state index is 0.719. The molecule has 5 heteroatoms. The fourth-order valence-electron chi connectivity index (χ4n) is 2.01. The van der Waals surface area contributed by atoms with Crippen molar-refractivity contribution in [3.05, 3.63) is 42.5 Å². The summed E-state index contributed by atoms with van der Waals surface area (Å²) in [5.74, 6) is 1.46. The summed E-state index contributed by atoms with van der Waals surface area (Å²) in [6.45, 7) is 0. The van der Waals surface area contributed by atoms with Gasteiger partial charge in [0, 0.05) is 6.07 Å². The maximum absolute atomic E-state index is 5.37. The molecule has 0 saturated carbocycles. The summed E-state index contributed by atoms with van der Waals surface area (Å²) in [5, 5.41) is 8.32. The summed E-state index contributed by atoms with van der Waals surface area (Å²) < 4.78 is 12.4. The molecule has 0 aliphatic rings. The summed E-state index contributed by atoms with van der Waals surface area (Å²) >= 11 is 0. The molecule has 0 bridgehead atoms. The maximum atomic E-state index is 5.37. The molecule has 3 aromatic rings. The van der Waals surface area contributed by atoms with Crippen LogP contribution in [0.15, 0.2) is 42.5 Å². The van der Waals surface area contributed by atoms with E-state index >= 15 is 0 Å². The average Bonchev–Trinajstić information content (AvgIpc) is 2.90. The number of rotatable bonds is 3. The summed E-state index contributed by atoms with van der Waals surface area (Å²) in [6.07, 6.45) is 0. The Morgan fingerprint density at radius 2 is 1.84 bits per heavy atom. The van der Waals surface area contributed by atoms with Gasteiger partial charge in [-0.3, -0.25) is 0 Å². The predicted octanol–water partition coefficient (Wildman–Crippen LogP) is 2.44. The lowest BCUT2D eigenvalue weighted by molar-refractivity contribution is 0.400. The molecule has 19 heavy (non-hydrogen) atoms. The Morgan fingerprint density at radius 1 is 1.00 bits per heavy atom. The number of aromatic nitrogens is 3. The molecule has 0 spiro atoms.